The Labute approximate surface area is 122 Å². The summed E-state index contributed by atoms with van der Waals surface area (Å²) in [6.45, 7) is 2.06. The number of fused-ring (bicyclic) bond motifs is 1. The average Bonchev–Trinajstić information content (AvgIpc) is 2.34. The zero-order valence-corrected chi connectivity index (χ0v) is 12.4. The molecule has 0 radical (unpaired) electrons. The van der Waals surface area contributed by atoms with Gasteiger partial charge in [0.2, 0.25) is 0 Å². The summed E-state index contributed by atoms with van der Waals surface area (Å²) in [4.78, 5) is 15.9. The zero-order valence-electron chi connectivity index (χ0n) is 9.34. The Balaban J connectivity index is 2.65. The first-order valence-electron chi connectivity index (χ1n) is 5.15. The predicted octanol–water partition coefficient (Wildman–Crippen LogP) is 4.48. The fourth-order valence-corrected chi connectivity index (χ4v) is 2.48. The van der Waals surface area contributed by atoms with Crippen molar-refractivity contribution in [2.75, 3.05) is 6.61 Å². The number of carbonyl (C=O) groups excluding carboxylic acids is 1. The first kappa shape index (κ1) is 13.6. The number of ether oxygens (including phenoxy) is 1. The van der Waals surface area contributed by atoms with Crippen LogP contribution in [0.3, 0.4) is 0 Å². The van der Waals surface area contributed by atoms with E-state index in [2.05, 4.69) is 20.9 Å². The third-order valence-corrected chi connectivity index (χ3v) is 4.01. The number of rotatable bonds is 2. The molecule has 3 nitrogen and oxygen atoms in total. The normalized spacial score (nSPS) is 10.7. The number of halogens is 3. The summed E-state index contributed by atoms with van der Waals surface area (Å²) in [5.74, 6) is -0.426. The molecule has 0 amide bonds. The molecule has 0 fully saturated rings. The van der Waals surface area contributed by atoms with Gasteiger partial charge in [0.25, 0.3) is 0 Å². The molecule has 1 aromatic heterocycles. The summed E-state index contributed by atoms with van der Waals surface area (Å²) >= 11 is 15.3. The van der Waals surface area contributed by atoms with Gasteiger partial charge in [-0.1, -0.05) is 29.3 Å². The number of pyridine rings is 1. The smallest absolute Gasteiger partial charge is 0.340 e. The van der Waals surface area contributed by atoms with E-state index in [-0.39, 0.29) is 0 Å². The molecule has 0 aliphatic rings. The van der Waals surface area contributed by atoms with Gasteiger partial charge in [-0.05, 0) is 28.9 Å². The topological polar surface area (TPSA) is 39.2 Å². The third kappa shape index (κ3) is 2.32. The van der Waals surface area contributed by atoms with Crippen LogP contribution in [0.25, 0.3) is 10.9 Å². The molecule has 0 atom stereocenters. The molecular weight excluding hydrogens is 341 g/mol. The zero-order chi connectivity index (χ0) is 13.3. The van der Waals surface area contributed by atoms with Gasteiger partial charge in [-0.25, -0.2) is 4.79 Å². The minimum atomic E-state index is -0.426. The van der Waals surface area contributed by atoms with Crippen LogP contribution < -0.4 is 0 Å². The summed E-state index contributed by atoms with van der Waals surface area (Å²) in [5.41, 5.74) is 0.909. The van der Waals surface area contributed by atoms with E-state index < -0.39 is 5.97 Å². The first-order chi connectivity index (χ1) is 8.56. The van der Waals surface area contributed by atoms with Crippen LogP contribution in [-0.4, -0.2) is 17.6 Å². The molecule has 6 heteroatoms. The Bertz CT molecular complexity index is 631. The van der Waals surface area contributed by atoms with Gasteiger partial charge in [0, 0.05) is 16.1 Å². The van der Waals surface area contributed by atoms with E-state index in [4.69, 9.17) is 27.9 Å². The van der Waals surface area contributed by atoms with Crippen LogP contribution in [0.1, 0.15) is 17.3 Å². The second-order valence-corrected chi connectivity index (χ2v) is 5.04. The van der Waals surface area contributed by atoms with Crippen LogP contribution in [0.4, 0.5) is 0 Å². The molecule has 0 N–H and O–H groups in total. The molecule has 1 aromatic carbocycles. The van der Waals surface area contributed by atoms with Crippen molar-refractivity contribution in [1.29, 1.82) is 0 Å². The molecule has 0 unspecified atom stereocenters. The quantitative estimate of drug-likeness (QED) is 0.751. The van der Waals surface area contributed by atoms with E-state index in [0.717, 1.165) is 5.39 Å². The molecule has 0 saturated carbocycles. The van der Waals surface area contributed by atoms with Crippen LogP contribution in [-0.2, 0) is 4.74 Å². The second-order valence-electron chi connectivity index (χ2n) is 3.46. The number of carbonyl (C=O) groups is 1. The molecule has 1 heterocycles. The maximum absolute atomic E-state index is 11.7. The van der Waals surface area contributed by atoms with E-state index >= 15 is 0 Å². The minimum absolute atomic E-state index is 0.310. The van der Waals surface area contributed by atoms with Gasteiger partial charge < -0.3 is 4.74 Å². The Hall–Kier alpha value is -0.840. The molecule has 0 aliphatic heterocycles. The number of hydrogen-bond donors (Lipinski definition) is 0. The Kier molecular flexibility index (Phi) is 4.10. The highest BCUT2D eigenvalue weighted by Crippen LogP contribution is 2.34. The number of hydrogen-bond acceptors (Lipinski definition) is 3. The van der Waals surface area contributed by atoms with Crippen LogP contribution in [0.2, 0.25) is 10.0 Å². The van der Waals surface area contributed by atoms with Gasteiger partial charge in [-0.2, -0.15) is 0 Å². The lowest BCUT2D eigenvalue weighted by atomic mass is 10.1. The Morgan fingerprint density at radius 3 is 2.83 bits per heavy atom. The SMILES string of the molecule is CCOC(=O)c1cnc2c(Cl)c(Cl)ccc2c1Br. The lowest BCUT2D eigenvalue weighted by molar-refractivity contribution is 0.0525. The van der Waals surface area contributed by atoms with Gasteiger partial charge in [0.05, 0.1) is 27.7 Å². The van der Waals surface area contributed by atoms with E-state index in [1.807, 2.05) is 0 Å². The van der Waals surface area contributed by atoms with Crippen molar-refractivity contribution in [3.05, 3.63) is 38.4 Å². The standard InChI is InChI=1S/C12H8BrCl2NO2/c1-2-18-12(17)7-5-16-11-6(9(7)13)3-4-8(14)10(11)15/h3-5H,2H2,1H3. The largest absolute Gasteiger partial charge is 0.462 e. The van der Waals surface area contributed by atoms with Crippen molar-refractivity contribution in [3.8, 4) is 0 Å². The fraction of sp³-hybridized carbons (Fsp3) is 0.167. The Morgan fingerprint density at radius 2 is 2.17 bits per heavy atom. The molecule has 0 bridgehead atoms. The van der Waals surface area contributed by atoms with Crippen molar-refractivity contribution >= 4 is 56.0 Å². The summed E-state index contributed by atoms with van der Waals surface area (Å²) < 4.78 is 5.55. The Morgan fingerprint density at radius 1 is 1.44 bits per heavy atom. The highest BCUT2D eigenvalue weighted by Gasteiger charge is 2.16. The first-order valence-corrected chi connectivity index (χ1v) is 6.70. The fourth-order valence-electron chi connectivity index (χ4n) is 1.53. The van der Waals surface area contributed by atoms with Gasteiger partial charge in [-0.15, -0.1) is 0 Å². The monoisotopic (exact) mass is 347 g/mol. The van der Waals surface area contributed by atoms with Crippen molar-refractivity contribution < 1.29 is 9.53 Å². The summed E-state index contributed by atoms with van der Waals surface area (Å²) in [6.07, 6.45) is 1.42. The number of nitrogens with zero attached hydrogens (tertiary/aromatic N) is 1. The van der Waals surface area contributed by atoms with Crippen LogP contribution in [0.5, 0.6) is 0 Å². The molecule has 94 valence electrons. The molecular formula is C12H8BrCl2NO2. The van der Waals surface area contributed by atoms with Gasteiger partial charge in [0.1, 0.15) is 0 Å². The molecule has 18 heavy (non-hydrogen) atoms. The average molecular weight is 349 g/mol. The molecule has 2 aromatic rings. The number of esters is 1. The lowest BCUT2D eigenvalue weighted by Gasteiger charge is -2.08. The van der Waals surface area contributed by atoms with Crippen molar-refractivity contribution in [2.24, 2.45) is 0 Å². The maximum atomic E-state index is 11.7. The molecule has 0 spiro atoms. The van der Waals surface area contributed by atoms with E-state index in [9.17, 15) is 4.79 Å². The molecule has 2 rings (SSSR count). The van der Waals surface area contributed by atoms with Crippen LogP contribution >= 0.6 is 39.1 Å². The number of benzene rings is 1. The van der Waals surface area contributed by atoms with Crippen molar-refractivity contribution in [1.82, 2.24) is 4.98 Å². The summed E-state index contributed by atoms with van der Waals surface area (Å²) in [7, 11) is 0. The second kappa shape index (κ2) is 5.43. The third-order valence-electron chi connectivity index (χ3n) is 2.36. The molecule has 0 saturated heterocycles. The maximum Gasteiger partial charge on any atom is 0.340 e. The predicted molar refractivity (Wildman–Crippen MR) is 75.4 cm³/mol. The summed E-state index contributed by atoms with van der Waals surface area (Å²) in [6, 6.07) is 3.41. The van der Waals surface area contributed by atoms with Gasteiger partial charge >= 0.3 is 5.97 Å². The lowest BCUT2D eigenvalue weighted by Crippen LogP contribution is -2.06. The minimum Gasteiger partial charge on any atom is -0.462 e. The van der Waals surface area contributed by atoms with Crippen molar-refractivity contribution in [2.45, 2.75) is 6.92 Å². The number of aromatic nitrogens is 1. The van der Waals surface area contributed by atoms with E-state index in [0.29, 0.717) is 32.2 Å². The van der Waals surface area contributed by atoms with Crippen LogP contribution in [0.15, 0.2) is 22.8 Å². The highest BCUT2D eigenvalue weighted by molar-refractivity contribution is 9.10. The van der Waals surface area contributed by atoms with Crippen LogP contribution in [0, 0.1) is 0 Å². The molecule has 0 aliphatic carbocycles. The summed E-state index contributed by atoms with van der Waals surface area (Å²) in [5, 5.41) is 1.51. The van der Waals surface area contributed by atoms with Gasteiger partial charge in [-0.3, -0.25) is 4.98 Å². The van der Waals surface area contributed by atoms with E-state index in [1.165, 1.54) is 6.20 Å². The van der Waals surface area contributed by atoms with Crippen molar-refractivity contribution in [3.63, 3.8) is 0 Å². The highest BCUT2D eigenvalue weighted by atomic mass is 79.9. The van der Waals surface area contributed by atoms with E-state index in [1.54, 1.807) is 19.1 Å². The van der Waals surface area contributed by atoms with Gasteiger partial charge in [0.15, 0.2) is 0 Å².